The van der Waals surface area contributed by atoms with Crippen LogP contribution in [0.3, 0.4) is 0 Å². The van der Waals surface area contributed by atoms with Crippen LogP contribution in [0.5, 0.6) is 0 Å². The van der Waals surface area contributed by atoms with Crippen molar-refractivity contribution in [3.05, 3.63) is 95.3 Å². The molecule has 0 saturated heterocycles. The van der Waals surface area contributed by atoms with Crippen LogP contribution in [0, 0.1) is 11.6 Å². The van der Waals surface area contributed by atoms with Gasteiger partial charge in [-0.3, -0.25) is 9.78 Å². The minimum absolute atomic E-state index is 0.0769. The van der Waals surface area contributed by atoms with Crippen molar-refractivity contribution >= 4 is 23.7 Å². The van der Waals surface area contributed by atoms with Crippen LogP contribution < -0.4 is 5.32 Å². The van der Waals surface area contributed by atoms with Gasteiger partial charge < -0.3 is 5.32 Å². The van der Waals surface area contributed by atoms with Crippen LogP contribution in [0.4, 0.5) is 14.5 Å². The van der Waals surface area contributed by atoms with E-state index in [4.69, 9.17) is 0 Å². The predicted octanol–water partition coefficient (Wildman–Crippen LogP) is 4.78. The molecule has 5 heteroatoms. The number of carbonyl (C=O) groups is 1. The molecule has 3 aromatic rings. The number of benzene rings is 2. The van der Waals surface area contributed by atoms with Crippen LogP contribution in [-0.2, 0) is 0 Å². The molecule has 124 valence electrons. The Morgan fingerprint density at radius 3 is 2.44 bits per heavy atom. The summed E-state index contributed by atoms with van der Waals surface area (Å²) < 4.78 is 26.4. The summed E-state index contributed by atoms with van der Waals surface area (Å²) in [5.41, 5.74) is 2.12. The van der Waals surface area contributed by atoms with Gasteiger partial charge in [-0.1, -0.05) is 24.3 Å². The Morgan fingerprint density at radius 1 is 0.920 bits per heavy atom. The van der Waals surface area contributed by atoms with Gasteiger partial charge in [0.05, 0.1) is 5.69 Å². The first-order valence-corrected chi connectivity index (χ1v) is 7.57. The average molecular weight is 336 g/mol. The number of amides is 1. The van der Waals surface area contributed by atoms with Gasteiger partial charge >= 0.3 is 0 Å². The fourth-order valence-electron chi connectivity index (χ4n) is 2.26. The molecule has 0 bridgehead atoms. The Balaban J connectivity index is 1.75. The highest BCUT2D eigenvalue weighted by Gasteiger charge is 2.09. The van der Waals surface area contributed by atoms with E-state index in [0.717, 1.165) is 29.5 Å². The lowest BCUT2D eigenvalue weighted by atomic mass is 10.1. The van der Waals surface area contributed by atoms with E-state index in [0.29, 0.717) is 5.69 Å². The molecule has 0 saturated carbocycles. The maximum Gasteiger partial charge on any atom is 0.255 e. The normalized spacial score (nSPS) is 10.8. The van der Waals surface area contributed by atoms with Crippen molar-refractivity contribution < 1.29 is 13.6 Å². The predicted molar refractivity (Wildman–Crippen MR) is 93.9 cm³/mol. The number of nitrogens with zero attached hydrogens (tertiary/aromatic N) is 1. The molecule has 0 fully saturated rings. The van der Waals surface area contributed by atoms with Crippen molar-refractivity contribution in [1.82, 2.24) is 4.98 Å². The molecule has 3 nitrogen and oxygen atoms in total. The fraction of sp³-hybridized carbons (Fsp3) is 0. The third-order valence-corrected chi connectivity index (χ3v) is 3.40. The van der Waals surface area contributed by atoms with Gasteiger partial charge in [-0.2, -0.15) is 0 Å². The maximum absolute atomic E-state index is 13.2. The molecular formula is C20H14F2N2O. The van der Waals surface area contributed by atoms with E-state index in [9.17, 15) is 13.6 Å². The quantitative estimate of drug-likeness (QED) is 0.745. The summed E-state index contributed by atoms with van der Waals surface area (Å²) in [7, 11) is 0. The molecule has 0 aliphatic rings. The minimum atomic E-state index is -0.794. The minimum Gasteiger partial charge on any atom is -0.322 e. The first kappa shape index (κ1) is 16.5. The maximum atomic E-state index is 13.2. The van der Waals surface area contributed by atoms with E-state index in [-0.39, 0.29) is 5.56 Å². The molecule has 2 aromatic carbocycles. The van der Waals surface area contributed by atoms with Crippen LogP contribution in [0.1, 0.15) is 21.6 Å². The number of hydrogen-bond donors (Lipinski definition) is 1. The second kappa shape index (κ2) is 7.49. The Bertz CT molecular complexity index is 904. The first-order chi connectivity index (χ1) is 12.1. The van der Waals surface area contributed by atoms with Crippen molar-refractivity contribution in [2.45, 2.75) is 0 Å². The number of nitrogens with one attached hydrogen (secondary N) is 1. The molecule has 1 amide bonds. The van der Waals surface area contributed by atoms with Gasteiger partial charge in [-0.25, -0.2) is 8.78 Å². The second-order valence-corrected chi connectivity index (χ2v) is 5.33. The zero-order valence-corrected chi connectivity index (χ0v) is 13.1. The summed E-state index contributed by atoms with van der Waals surface area (Å²) in [4.78, 5) is 16.3. The molecule has 0 radical (unpaired) electrons. The largest absolute Gasteiger partial charge is 0.322 e. The van der Waals surface area contributed by atoms with Crippen LogP contribution in [-0.4, -0.2) is 10.9 Å². The van der Waals surface area contributed by atoms with Crippen molar-refractivity contribution in [1.29, 1.82) is 0 Å². The lowest BCUT2D eigenvalue weighted by molar-refractivity contribution is 0.102. The summed E-state index contributed by atoms with van der Waals surface area (Å²) in [6, 6.07) is 15.4. The van der Waals surface area contributed by atoms with Crippen molar-refractivity contribution in [2.24, 2.45) is 0 Å². The molecule has 25 heavy (non-hydrogen) atoms. The average Bonchev–Trinajstić information content (AvgIpc) is 2.60. The molecule has 1 heterocycles. The van der Waals surface area contributed by atoms with Crippen molar-refractivity contribution in [3.8, 4) is 0 Å². The number of hydrogen-bond acceptors (Lipinski definition) is 2. The molecule has 1 N–H and O–H groups in total. The summed E-state index contributed by atoms with van der Waals surface area (Å²) in [6.07, 6.45) is 5.41. The molecule has 0 aliphatic heterocycles. The standard InChI is InChI=1S/C20H14F2N2O/c21-16-11-15(12-17(22)13-16)20(25)24-19-6-3-4-14(10-19)7-8-18-5-1-2-9-23-18/h1-13H,(H,24,25)/b8-7+. The molecule has 3 rings (SSSR count). The number of pyridine rings is 1. The highest BCUT2D eigenvalue weighted by atomic mass is 19.1. The van der Waals surface area contributed by atoms with Gasteiger partial charge in [-0.15, -0.1) is 0 Å². The molecule has 0 aliphatic carbocycles. The molecule has 0 unspecified atom stereocenters. The first-order valence-electron chi connectivity index (χ1n) is 7.57. The lowest BCUT2D eigenvalue weighted by Gasteiger charge is -2.06. The Hall–Kier alpha value is -3.34. The van der Waals surface area contributed by atoms with E-state index in [1.807, 2.05) is 36.4 Å². The van der Waals surface area contributed by atoms with Gasteiger partial charge in [0.1, 0.15) is 11.6 Å². The van der Waals surface area contributed by atoms with Gasteiger partial charge in [0.2, 0.25) is 0 Å². The fourth-order valence-corrected chi connectivity index (χ4v) is 2.26. The zero-order chi connectivity index (χ0) is 17.6. The molecule has 0 spiro atoms. The van der Waals surface area contributed by atoms with Gasteiger partial charge in [-0.05, 0) is 48.0 Å². The number of anilines is 1. The van der Waals surface area contributed by atoms with Gasteiger partial charge in [0, 0.05) is 23.5 Å². The van der Waals surface area contributed by atoms with Crippen LogP contribution in [0.25, 0.3) is 12.2 Å². The Morgan fingerprint density at radius 2 is 1.72 bits per heavy atom. The summed E-state index contributed by atoms with van der Waals surface area (Å²) in [5, 5.41) is 2.63. The van der Waals surface area contributed by atoms with Crippen LogP contribution >= 0.6 is 0 Å². The molecule has 1 aromatic heterocycles. The molecular weight excluding hydrogens is 322 g/mol. The van der Waals surface area contributed by atoms with Crippen molar-refractivity contribution in [3.63, 3.8) is 0 Å². The summed E-state index contributed by atoms with van der Waals surface area (Å²) >= 11 is 0. The number of aromatic nitrogens is 1. The zero-order valence-electron chi connectivity index (χ0n) is 13.1. The second-order valence-electron chi connectivity index (χ2n) is 5.33. The number of halogens is 2. The SMILES string of the molecule is O=C(Nc1cccc(/C=C/c2ccccn2)c1)c1cc(F)cc(F)c1. The Labute approximate surface area is 143 Å². The smallest absolute Gasteiger partial charge is 0.255 e. The van der Waals surface area contributed by atoms with E-state index in [1.54, 1.807) is 24.4 Å². The number of rotatable bonds is 4. The van der Waals surface area contributed by atoms with E-state index in [2.05, 4.69) is 10.3 Å². The highest BCUT2D eigenvalue weighted by Crippen LogP contribution is 2.15. The summed E-state index contributed by atoms with van der Waals surface area (Å²) in [5.74, 6) is -2.17. The van der Waals surface area contributed by atoms with E-state index < -0.39 is 17.5 Å². The van der Waals surface area contributed by atoms with Crippen molar-refractivity contribution in [2.75, 3.05) is 5.32 Å². The van der Waals surface area contributed by atoms with E-state index >= 15 is 0 Å². The third-order valence-electron chi connectivity index (χ3n) is 3.40. The summed E-state index contributed by atoms with van der Waals surface area (Å²) in [6.45, 7) is 0. The Kier molecular flexibility index (Phi) is 4.95. The van der Waals surface area contributed by atoms with E-state index in [1.165, 1.54) is 0 Å². The lowest BCUT2D eigenvalue weighted by Crippen LogP contribution is -2.12. The van der Waals surface area contributed by atoms with Gasteiger partial charge in [0.25, 0.3) is 5.91 Å². The molecule has 0 atom stereocenters. The topological polar surface area (TPSA) is 42.0 Å². The van der Waals surface area contributed by atoms with Crippen LogP contribution in [0.2, 0.25) is 0 Å². The van der Waals surface area contributed by atoms with Crippen LogP contribution in [0.15, 0.2) is 66.9 Å². The number of carbonyl (C=O) groups excluding carboxylic acids is 1. The highest BCUT2D eigenvalue weighted by molar-refractivity contribution is 6.04. The van der Waals surface area contributed by atoms with Gasteiger partial charge in [0.15, 0.2) is 0 Å². The monoisotopic (exact) mass is 336 g/mol. The third kappa shape index (κ3) is 4.57.